The first-order chi connectivity index (χ1) is 15.0. The highest BCUT2D eigenvalue weighted by molar-refractivity contribution is 7.20. The van der Waals surface area contributed by atoms with Gasteiger partial charge < -0.3 is 21.7 Å². The number of aromatic nitrogens is 1. The van der Waals surface area contributed by atoms with Gasteiger partial charge in [0.05, 0.1) is 16.3 Å². The van der Waals surface area contributed by atoms with Crippen LogP contribution in [0, 0.1) is 5.92 Å². The molecule has 0 bridgehead atoms. The molecule has 2 amide bonds. The maximum Gasteiger partial charge on any atom is 0.275 e. The molecule has 7 nitrogen and oxygen atoms in total. The fourth-order valence-corrected chi connectivity index (χ4v) is 5.50. The van der Waals surface area contributed by atoms with Crippen molar-refractivity contribution in [1.82, 2.24) is 4.98 Å². The number of primary amides is 1. The van der Waals surface area contributed by atoms with Gasteiger partial charge in [-0.15, -0.1) is 22.7 Å². The molecule has 0 aliphatic carbocycles. The number of thiophene rings is 1. The van der Waals surface area contributed by atoms with E-state index in [2.05, 4.69) is 15.2 Å². The van der Waals surface area contributed by atoms with Gasteiger partial charge in [0, 0.05) is 24.0 Å². The predicted octanol–water partition coefficient (Wildman–Crippen LogP) is 3.79. The van der Waals surface area contributed by atoms with Crippen LogP contribution in [0.2, 0.25) is 0 Å². The van der Waals surface area contributed by atoms with Crippen molar-refractivity contribution in [2.45, 2.75) is 19.3 Å². The number of rotatable bonds is 7. The average Bonchev–Trinajstić information content (AvgIpc) is 3.46. The Morgan fingerprint density at radius 2 is 2.13 bits per heavy atom. The number of hydrogen-bond acceptors (Lipinski definition) is 7. The number of hydrogen-bond donors (Lipinski definition) is 3. The lowest BCUT2D eigenvalue weighted by Gasteiger charge is -2.35. The third-order valence-electron chi connectivity index (χ3n) is 5.43. The molecule has 1 fully saturated rings. The fraction of sp³-hybridized carbons (Fsp3) is 0.318. The lowest BCUT2D eigenvalue weighted by Crippen LogP contribution is -2.37. The van der Waals surface area contributed by atoms with Crippen molar-refractivity contribution in [3.8, 4) is 9.88 Å². The van der Waals surface area contributed by atoms with Gasteiger partial charge in [0.2, 0.25) is 5.91 Å². The Morgan fingerprint density at radius 1 is 1.26 bits per heavy atom. The van der Waals surface area contributed by atoms with Crippen molar-refractivity contribution in [3.63, 3.8) is 0 Å². The van der Waals surface area contributed by atoms with Gasteiger partial charge in [-0.2, -0.15) is 0 Å². The van der Waals surface area contributed by atoms with Crippen LogP contribution in [0.3, 0.4) is 0 Å². The molecule has 1 aliphatic heterocycles. The molecule has 0 saturated carbocycles. The molecular formula is C22H25N5O2S2. The first-order valence-electron chi connectivity index (χ1n) is 10.2. The van der Waals surface area contributed by atoms with Crippen molar-refractivity contribution in [3.05, 3.63) is 52.3 Å². The summed E-state index contributed by atoms with van der Waals surface area (Å²) in [5.74, 6) is -0.274. The molecule has 0 spiro atoms. The van der Waals surface area contributed by atoms with Crippen LogP contribution in [-0.2, 0) is 0 Å². The number of benzene rings is 1. The molecule has 9 heteroatoms. The second kappa shape index (κ2) is 9.59. The van der Waals surface area contributed by atoms with Crippen molar-refractivity contribution in [2.24, 2.45) is 17.4 Å². The van der Waals surface area contributed by atoms with Gasteiger partial charge >= 0.3 is 0 Å². The fourth-order valence-electron chi connectivity index (χ4n) is 3.89. The maximum atomic E-state index is 12.9. The van der Waals surface area contributed by atoms with E-state index in [4.69, 9.17) is 11.5 Å². The van der Waals surface area contributed by atoms with Gasteiger partial charge in [-0.05, 0) is 61.4 Å². The first kappa shape index (κ1) is 21.5. The number of piperidine rings is 1. The van der Waals surface area contributed by atoms with E-state index < -0.39 is 5.91 Å². The molecule has 0 radical (unpaired) electrons. The molecule has 1 unspecified atom stereocenters. The molecule has 5 N–H and O–H groups in total. The Labute approximate surface area is 189 Å². The molecule has 1 saturated heterocycles. The van der Waals surface area contributed by atoms with Gasteiger partial charge in [0.15, 0.2) is 0 Å². The predicted molar refractivity (Wildman–Crippen MR) is 127 cm³/mol. The molecule has 162 valence electrons. The third-order valence-corrected chi connectivity index (χ3v) is 7.32. The molecule has 2 aromatic heterocycles. The highest BCUT2D eigenvalue weighted by atomic mass is 32.1. The largest absolute Gasteiger partial charge is 0.370 e. The molecule has 1 atom stereocenters. The highest BCUT2D eigenvalue weighted by Gasteiger charge is 2.23. The van der Waals surface area contributed by atoms with Crippen LogP contribution in [0.15, 0.2) is 41.1 Å². The number of thiazole rings is 1. The van der Waals surface area contributed by atoms with Crippen LogP contribution in [0.25, 0.3) is 9.88 Å². The SMILES string of the molecule is NCCC1CCCN(c2cc(C(N)=O)ccc2NC(=O)c2csc(-c3cccs3)n2)C1. The quantitative estimate of drug-likeness (QED) is 0.501. The van der Waals surface area contributed by atoms with E-state index in [1.54, 1.807) is 34.9 Å². The summed E-state index contributed by atoms with van der Waals surface area (Å²) in [4.78, 5) is 32.4. The van der Waals surface area contributed by atoms with E-state index in [1.807, 2.05) is 17.5 Å². The number of carbonyl (C=O) groups excluding carboxylic acids is 2. The Bertz CT molecular complexity index is 1060. The summed E-state index contributed by atoms with van der Waals surface area (Å²) < 4.78 is 0. The van der Waals surface area contributed by atoms with Crippen molar-refractivity contribution >= 4 is 45.9 Å². The lowest BCUT2D eigenvalue weighted by molar-refractivity contribution is 0.0998. The van der Waals surface area contributed by atoms with E-state index in [1.165, 1.54) is 11.3 Å². The van der Waals surface area contributed by atoms with Crippen LogP contribution in [0.1, 0.15) is 40.1 Å². The van der Waals surface area contributed by atoms with Gasteiger partial charge in [0.25, 0.3) is 5.91 Å². The zero-order valence-electron chi connectivity index (χ0n) is 17.0. The second-order valence-corrected chi connectivity index (χ2v) is 9.40. The van der Waals surface area contributed by atoms with Crippen molar-refractivity contribution in [1.29, 1.82) is 0 Å². The number of anilines is 2. The molecule has 3 aromatic rings. The summed E-state index contributed by atoms with van der Waals surface area (Å²) in [6.45, 7) is 2.34. The molecule has 1 aliphatic rings. The minimum atomic E-state index is -0.491. The normalized spacial score (nSPS) is 16.3. The van der Waals surface area contributed by atoms with Crippen molar-refractivity contribution < 1.29 is 9.59 Å². The maximum absolute atomic E-state index is 12.9. The van der Waals surface area contributed by atoms with Crippen LogP contribution < -0.4 is 21.7 Å². The first-order valence-corrected chi connectivity index (χ1v) is 12.0. The number of nitrogens with one attached hydrogen (secondary N) is 1. The Hall–Kier alpha value is -2.75. The minimum Gasteiger partial charge on any atom is -0.370 e. The van der Waals surface area contributed by atoms with Gasteiger partial charge in [-0.25, -0.2) is 4.98 Å². The summed E-state index contributed by atoms with van der Waals surface area (Å²) in [5.41, 5.74) is 13.5. The van der Waals surface area contributed by atoms with Crippen LogP contribution in [0.5, 0.6) is 0 Å². The number of amides is 2. The molecular weight excluding hydrogens is 430 g/mol. The van der Waals surface area contributed by atoms with E-state index in [-0.39, 0.29) is 5.91 Å². The van der Waals surface area contributed by atoms with E-state index in [0.29, 0.717) is 29.4 Å². The Balaban J connectivity index is 1.58. The summed E-state index contributed by atoms with van der Waals surface area (Å²) in [6.07, 6.45) is 3.13. The number of nitrogens with two attached hydrogens (primary N) is 2. The van der Waals surface area contributed by atoms with Gasteiger partial charge in [-0.3, -0.25) is 9.59 Å². The lowest BCUT2D eigenvalue weighted by atomic mass is 9.94. The van der Waals surface area contributed by atoms with Gasteiger partial charge in [-0.1, -0.05) is 6.07 Å². The smallest absolute Gasteiger partial charge is 0.275 e. The molecule has 31 heavy (non-hydrogen) atoms. The summed E-state index contributed by atoms with van der Waals surface area (Å²) in [6, 6.07) is 9.10. The van der Waals surface area contributed by atoms with Crippen LogP contribution in [-0.4, -0.2) is 36.4 Å². The number of carbonyl (C=O) groups is 2. The third kappa shape index (κ3) is 4.95. The molecule has 3 heterocycles. The molecule has 1 aromatic carbocycles. The topological polar surface area (TPSA) is 114 Å². The second-order valence-electron chi connectivity index (χ2n) is 7.60. The number of nitrogens with zero attached hydrogens (tertiary/aromatic N) is 2. The zero-order valence-corrected chi connectivity index (χ0v) is 18.7. The highest BCUT2D eigenvalue weighted by Crippen LogP contribution is 2.33. The Kier molecular flexibility index (Phi) is 6.64. The zero-order chi connectivity index (χ0) is 21.8. The van der Waals surface area contributed by atoms with Crippen LogP contribution >= 0.6 is 22.7 Å². The average molecular weight is 456 g/mol. The van der Waals surface area contributed by atoms with Gasteiger partial charge in [0.1, 0.15) is 10.7 Å². The summed E-state index contributed by atoms with van der Waals surface area (Å²) >= 11 is 3.04. The summed E-state index contributed by atoms with van der Waals surface area (Å²) in [5, 5.41) is 7.56. The standard InChI is InChI=1S/C22H25N5O2S2/c23-8-7-14-3-1-9-27(12-14)18-11-15(20(24)28)5-6-16(18)25-21(29)17-13-31-22(26-17)19-4-2-10-30-19/h2,4-6,10-11,13-14H,1,3,7-9,12,23H2,(H2,24,28)(H,25,29). The molecule has 4 rings (SSSR count). The minimum absolute atomic E-state index is 0.275. The van der Waals surface area contributed by atoms with E-state index in [9.17, 15) is 9.59 Å². The summed E-state index contributed by atoms with van der Waals surface area (Å²) in [7, 11) is 0. The van der Waals surface area contributed by atoms with Crippen molar-refractivity contribution in [2.75, 3.05) is 29.9 Å². The van der Waals surface area contributed by atoms with E-state index in [0.717, 1.165) is 47.9 Å². The van der Waals surface area contributed by atoms with Crippen LogP contribution in [0.4, 0.5) is 11.4 Å². The van der Waals surface area contributed by atoms with E-state index >= 15 is 0 Å². The Morgan fingerprint density at radius 3 is 2.87 bits per heavy atom. The monoisotopic (exact) mass is 455 g/mol.